The van der Waals surface area contributed by atoms with Gasteiger partial charge in [-0.2, -0.15) is 5.10 Å². The van der Waals surface area contributed by atoms with Gasteiger partial charge < -0.3 is 15.6 Å². The summed E-state index contributed by atoms with van der Waals surface area (Å²) in [6, 6.07) is 8.66. The standard InChI is InChI=1S/C21H22ClN7/c22-17-11-24-19-18(17)20(26-13-25-19)29-6-4-21(12-23,5-7-29)16-3-1-2-14(8-16)15-9-27-28-10-15/h1-3,8-11,13H,4-7,12,23H2,(H,27,28)(H,24,25,26). The van der Waals surface area contributed by atoms with Crippen molar-refractivity contribution in [2.24, 2.45) is 5.73 Å². The van der Waals surface area contributed by atoms with Gasteiger partial charge in [-0.3, -0.25) is 5.10 Å². The Balaban J connectivity index is 1.43. The molecular weight excluding hydrogens is 386 g/mol. The molecule has 8 heteroatoms. The maximum absolute atomic E-state index is 6.38. The van der Waals surface area contributed by atoms with Gasteiger partial charge in [0.2, 0.25) is 0 Å². The van der Waals surface area contributed by atoms with E-state index >= 15 is 0 Å². The zero-order valence-corrected chi connectivity index (χ0v) is 16.7. The molecule has 5 rings (SSSR count). The molecule has 1 aliphatic heterocycles. The lowest BCUT2D eigenvalue weighted by Gasteiger charge is -2.42. The highest BCUT2D eigenvalue weighted by Gasteiger charge is 2.36. The number of H-pyrrole nitrogens is 2. The minimum atomic E-state index is -0.0513. The van der Waals surface area contributed by atoms with E-state index in [1.54, 1.807) is 12.5 Å². The van der Waals surface area contributed by atoms with E-state index in [2.05, 4.69) is 54.3 Å². The van der Waals surface area contributed by atoms with Gasteiger partial charge in [-0.15, -0.1) is 0 Å². The van der Waals surface area contributed by atoms with Crippen molar-refractivity contribution in [3.63, 3.8) is 0 Å². The van der Waals surface area contributed by atoms with Crippen molar-refractivity contribution in [3.8, 4) is 11.1 Å². The molecule has 0 unspecified atom stereocenters. The third-order valence-corrected chi connectivity index (χ3v) is 6.42. The summed E-state index contributed by atoms with van der Waals surface area (Å²) in [7, 11) is 0. The average molecular weight is 408 g/mol. The van der Waals surface area contributed by atoms with Gasteiger partial charge in [-0.05, 0) is 24.0 Å². The molecule has 1 aromatic carbocycles. The van der Waals surface area contributed by atoms with Crippen molar-refractivity contribution in [1.82, 2.24) is 25.1 Å². The molecule has 0 saturated carbocycles. The Labute approximate surface area is 173 Å². The molecule has 0 aliphatic carbocycles. The van der Waals surface area contributed by atoms with Gasteiger partial charge >= 0.3 is 0 Å². The summed E-state index contributed by atoms with van der Waals surface area (Å²) < 4.78 is 0. The molecular formula is C21H22ClN7. The number of halogens is 1. The number of piperidine rings is 1. The first-order chi connectivity index (χ1) is 14.2. The molecule has 0 radical (unpaired) electrons. The van der Waals surface area contributed by atoms with Crippen molar-refractivity contribution in [2.45, 2.75) is 18.3 Å². The van der Waals surface area contributed by atoms with Gasteiger partial charge in [0.25, 0.3) is 0 Å². The molecule has 4 heterocycles. The van der Waals surface area contributed by atoms with E-state index in [1.807, 2.05) is 12.4 Å². The highest BCUT2D eigenvalue weighted by Crippen LogP contribution is 2.39. The van der Waals surface area contributed by atoms with E-state index in [9.17, 15) is 0 Å². The molecule has 148 valence electrons. The molecule has 0 atom stereocenters. The van der Waals surface area contributed by atoms with Gasteiger partial charge in [0.15, 0.2) is 0 Å². The fourth-order valence-electron chi connectivity index (χ4n) is 4.34. The predicted molar refractivity (Wildman–Crippen MR) is 115 cm³/mol. The quantitative estimate of drug-likeness (QED) is 0.480. The first-order valence-corrected chi connectivity index (χ1v) is 10.1. The highest BCUT2D eigenvalue weighted by molar-refractivity contribution is 6.36. The van der Waals surface area contributed by atoms with Crippen LogP contribution in [0.3, 0.4) is 0 Å². The number of rotatable bonds is 4. The monoisotopic (exact) mass is 407 g/mol. The molecule has 1 aliphatic rings. The van der Waals surface area contributed by atoms with E-state index in [0.29, 0.717) is 11.6 Å². The number of aromatic nitrogens is 5. The van der Waals surface area contributed by atoms with Crippen LogP contribution >= 0.6 is 11.6 Å². The van der Waals surface area contributed by atoms with Crippen LogP contribution in [0.1, 0.15) is 18.4 Å². The number of hydrogen-bond donors (Lipinski definition) is 3. The molecule has 7 nitrogen and oxygen atoms in total. The van der Waals surface area contributed by atoms with Crippen LogP contribution in [0, 0.1) is 0 Å². The lowest BCUT2D eigenvalue weighted by molar-refractivity contribution is 0.339. The molecule has 4 aromatic rings. The SMILES string of the molecule is NCC1(c2cccc(-c3cn[nH]c3)c2)CCN(c2ncnc3[nH]cc(Cl)c23)CC1. The Morgan fingerprint density at radius 2 is 2.00 bits per heavy atom. The second-order valence-electron chi connectivity index (χ2n) is 7.60. The van der Waals surface area contributed by atoms with Crippen LogP contribution < -0.4 is 10.6 Å². The smallest absolute Gasteiger partial charge is 0.144 e. The largest absolute Gasteiger partial charge is 0.356 e. The first-order valence-electron chi connectivity index (χ1n) is 9.72. The molecule has 1 fully saturated rings. The highest BCUT2D eigenvalue weighted by atomic mass is 35.5. The van der Waals surface area contributed by atoms with Crippen LogP contribution in [0.5, 0.6) is 0 Å². The van der Waals surface area contributed by atoms with Crippen LogP contribution in [0.4, 0.5) is 5.82 Å². The van der Waals surface area contributed by atoms with Crippen LogP contribution in [0.25, 0.3) is 22.2 Å². The van der Waals surface area contributed by atoms with Gasteiger partial charge in [0.1, 0.15) is 17.8 Å². The summed E-state index contributed by atoms with van der Waals surface area (Å²) in [4.78, 5) is 14.2. The van der Waals surface area contributed by atoms with E-state index in [0.717, 1.165) is 53.9 Å². The third kappa shape index (κ3) is 3.07. The zero-order chi connectivity index (χ0) is 19.8. The Bertz CT molecular complexity index is 1130. The second-order valence-corrected chi connectivity index (χ2v) is 8.00. The fraction of sp³-hybridized carbons (Fsp3) is 0.286. The summed E-state index contributed by atoms with van der Waals surface area (Å²) in [5.74, 6) is 0.888. The van der Waals surface area contributed by atoms with Crippen LogP contribution in [-0.4, -0.2) is 44.8 Å². The Kier molecular flexibility index (Phi) is 4.49. The topological polar surface area (TPSA) is 99.5 Å². The molecule has 4 N–H and O–H groups in total. The number of nitrogens with one attached hydrogen (secondary N) is 2. The molecule has 1 saturated heterocycles. The van der Waals surface area contributed by atoms with Crippen molar-refractivity contribution >= 4 is 28.5 Å². The summed E-state index contributed by atoms with van der Waals surface area (Å²) in [5.41, 5.74) is 10.6. The van der Waals surface area contributed by atoms with Crippen LogP contribution in [0.15, 0.2) is 49.2 Å². The van der Waals surface area contributed by atoms with Gasteiger partial charge in [0.05, 0.1) is 16.6 Å². The van der Waals surface area contributed by atoms with Gasteiger partial charge in [0, 0.05) is 43.0 Å². The molecule has 0 spiro atoms. The summed E-state index contributed by atoms with van der Waals surface area (Å²) in [6.45, 7) is 2.33. The van der Waals surface area contributed by atoms with Crippen LogP contribution in [0.2, 0.25) is 5.02 Å². The van der Waals surface area contributed by atoms with Crippen molar-refractivity contribution in [3.05, 3.63) is 59.8 Å². The number of nitrogens with two attached hydrogens (primary N) is 1. The molecule has 29 heavy (non-hydrogen) atoms. The van der Waals surface area contributed by atoms with E-state index in [1.165, 1.54) is 5.56 Å². The summed E-state index contributed by atoms with van der Waals surface area (Å²) >= 11 is 6.38. The Morgan fingerprint density at radius 3 is 2.76 bits per heavy atom. The number of aromatic amines is 2. The number of hydrogen-bond acceptors (Lipinski definition) is 5. The van der Waals surface area contributed by atoms with Gasteiger partial charge in [-0.1, -0.05) is 35.9 Å². The van der Waals surface area contributed by atoms with Crippen molar-refractivity contribution in [2.75, 3.05) is 24.5 Å². The minimum absolute atomic E-state index is 0.0513. The molecule has 0 amide bonds. The van der Waals surface area contributed by atoms with Gasteiger partial charge in [-0.25, -0.2) is 9.97 Å². The summed E-state index contributed by atoms with van der Waals surface area (Å²) in [6.07, 6.45) is 9.01. The fourth-order valence-corrected chi connectivity index (χ4v) is 4.57. The third-order valence-electron chi connectivity index (χ3n) is 6.12. The normalized spacial score (nSPS) is 16.4. The molecule has 0 bridgehead atoms. The van der Waals surface area contributed by atoms with Crippen molar-refractivity contribution in [1.29, 1.82) is 0 Å². The lowest BCUT2D eigenvalue weighted by Crippen LogP contribution is -2.47. The van der Waals surface area contributed by atoms with Crippen LogP contribution in [-0.2, 0) is 5.41 Å². The Morgan fingerprint density at radius 1 is 1.14 bits per heavy atom. The summed E-state index contributed by atoms with van der Waals surface area (Å²) in [5, 5.41) is 8.49. The van der Waals surface area contributed by atoms with E-state index in [-0.39, 0.29) is 5.41 Å². The second kappa shape index (κ2) is 7.17. The predicted octanol–water partition coefficient (Wildman–Crippen LogP) is 3.50. The van der Waals surface area contributed by atoms with Crippen molar-refractivity contribution < 1.29 is 0 Å². The van der Waals surface area contributed by atoms with E-state index < -0.39 is 0 Å². The lowest BCUT2D eigenvalue weighted by atomic mass is 9.72. The number of benzene rings is 1. The minimum Gasteiger partial charge on any atom is -0.356 e. The maximum atomic E-state index is 6.38. The maximum Gasteiger partial charge on any atom is 0.144 e. The zero-order valence-electron chi connectivity index (χ0n) is 15.9. The average Bonchev–Trinajstić information content (AvgIpc) is 3.44. The number of anilines is 1. The first kappa shape index (κ1) is 18.1. The number of fused-ring (bicyclic) bond motifs is 1. The number of nitrogens with zero attached hydrogens (tertiary/aromatic N) is 4. The van der Waals surface area contributed by atoms with E-state index in [4.69, 9.17) is 17.3 Å². The molecule has 3 aromatic heterocycles. The Hall–Kier alpha value is -2.90.